The number of aromatic amines is 1. The lowest BCUT2D eigenvalue weighted by atomic mass is 10.2. The van der Waals surface area contributed by atoms with Crippen LogP contribution in [0.1, 0.15) is 34.8 Å². The fourth-order valence-electron chi connectivity index (χ4n) is 1.65. The van der Waals surface area contributed by atoms with Gasteiger partial charge in [-0.2, -0.15) is 0 Å². The minimum atomic E-state index is -0.510. The molecule has 1 amide bonds. The molecule has 0 fully saturated rings. The van der Waals surface area contributed by atoms with Crippen LogP contribution in [0.4, 0.5) is 0 Å². The fourth-order valence-corrected chi connectivity index (χ4v) is 1.65. The Labute approximate surface area is 109 Å². The smallest absolute Gasteiger partial charge is 0.275 e. The summed E-state index contributed by atoms with van der Waals surface area (Å²) in [6.07, 6.45) is 0. The molecule has 0 radical (unpaired) electrons. The molecule has 19 heavy (non-hydrogen) atoms. The Balaban J connectivity index is 2.15. The molecule has 0 spiro atoms. The Hall–Kier alpha value is -2.50. The topological polar surface area (TPSA) is 87.7 Å². The van der Waals surface area contributed by atoms with Crippen LogP contribution in [0, 0.1) is 6.92 Å². The number of hydrogen-bond donors (Lipinski definition) is 2. The van der Waals surface area contributed by atoms with Crippen LogP contribution in [0.3, 0.4) is 0 Å². The maximum atomic E-state index is 11.9. The first-order chi connectivity index (χ1) is 9.08. The SMILES string of the molecule is Cc1nnc(C(C)NC(=O)c2ccccc2)c(=O)[nH]1. The largest absolute Gasteiger partial charge is 0.344 e. The molecule has 0 bridgehead atoms. The van der Waals surface area contributed by atoms with Crippen LogP contribution in [-0.2, 0) is 0 Å². The Bertz CT molecular complexity index is 637. The van der Waals surface area contributed by atoms with Crippen molar-refractivity contribution in [3.05, 3.63) is 57.8 Å². The van der Waals surface area contributed by atoms with Gasteiger partial charge in [0, 0.05) is 5.56 Å². The van der Waals surface area contributed by atoms with Crippen molar-refractivity contribution in [3.8, 4) is 0 Å². The summed E-state index contributed by atoms with van der Waals surface area (Å²) in [5, 5.41) is 10.3. The number of carbonyl (C=O) groups is 1. The van der Waals surface area contributed by atoms with E-state index in [1.165, 1.54) is 0 Å². The van der Waals surface area contributed by atoms with Crippen LogP contribution in [-0.4, -0.2) is 21.1 Å². The summed E-state index contributed by atoms with van der Waals surface area (Å²) in [4.78, 5) is 26.2. The van der Waals surface area contributed by atoms with E-state index in [0.717, 1.165) is 0 Å². The molecule has 0 saturated heterocycles. The van der Waals surface area contributed by atoms with Gasteiger partial charge in [0.1, 0.15) is 11.5 Å². The van der Waals surface area contributed by atoms with Gasteiger partial charge in [-0.05, 0) is 26.0 Å². The zero-order valence-electron chi connectivity index (χ0n) is 10.7. The number of nitrogens with zero attached hydrogens (tertiary/aromatic N) is 2. The Kier molecular flexibility index (Phi) is 3.70. The minimum Gasteiger partial charge on any atom is -0.344 e. The van der Waals surface area contributed by atoms with E-state index in [9.17, 15) is 9.59 Å². The molecule has 6 heteroatoms. The Morgan fingerprint density at radius 2 is 1.95 bits per heavy atom. The molecule has 1 heterocycles. The second-order valence-corrected chi connectivity index (χ2v) is 4.19. The molecule has 2 aromatic rings. The van der Waals surface area contributed by atoms with Gasteiger partial charge in [0.05, 0.1) is 6.04 Å². The lowest BCUT2D eigenvalue weighted by Gasteiger charge is -2.12. The third kappa shape index (κ3) is 3.04. The van der Waals surface area contributed by atoms with Crippen molar-refractivity contribution in [2.75, 3.05) is 0 Å². The number of benzene rings is 1. The lowest BCUT2D eigenvalue weighted by molar-refractivity contribution is 0.0938. The van der Waals surface area contributed by atoms with E-state index in [1.807, 2.05) is 6.07 Å². The molecule has 1 unspecified atom stereocenters. The highest BCUT2D eigenvalue weighted by Gasteiger charge is 2.15. The average molecular weight is 258 g/mol. The first-order valence-corrected chi connectivity index (χ1v) is 5.87. The number of aromatic nitrogens is 3. The zero-order valence-corrected chi connectivity index (χ0v) is 10.7. The molecule has 98 valence electrons. The molecule has 1 aromatic carbocycles. The summed E-state index contributed by atoms with van der Waals surface area (Å²) in [5.41, 5.74) is 0.383. The molecule has 0 aliphatic rings. The summed E-state index contributed by atoms with van der Waals surface area (Å²) in [6, 6.07) is 8.27. The average Bonchev–Trinajstić information content (AvgIpc) is 2.39. The van der Waals surface area contributed by atoms with Gasteiger partial charge < -0.3 is 10.3 Å². The van der Waals surface area contributed by atoms with Gasteiger partial charge in [0.15, 0.2) is 0 Å². The van der Waals surface area contributed by atoms with Crippen LogP contribution >= 0.6 is 0 Å². The number of nitrogens with one attached hydrogen (secondary N) is 2. The van der Waals surface area contributed by atoms with Gasteiger partial charge in [-0.25, -0.2) is 0 Å². The molecule has 1 atom stereocenters. The minimum absolute atomic E-state index is 0.190. The molecule has 0 saturated carbocycles. The van der Waals surface area contributed by atoms with E-state index in [0.29, 0.717) is 11.4 Å². The molecule has 6 nitrogen and oxygen atoms in total. The molecule has 2 rings (SSSR count). The quantitative estimate of drug-likeness (QED) is 0.858. The van der Waals surface area contributed by atoms with E-state index in [-0.39, 0.29) is 17.2 Å². The molecular weight excluding hydrogens is 244 g/mol. The summed E-state index contributed by atoms with van der Waals surface area (Å²) in [7, 11) is 0. The van der Waals surface area contributed by atoms with E-state index >= 15 is 0 Å². The Morgan fingerprint density at radius 1 is 1.26 bits per heavy atom. The summed E-state index contributed by atoms with van der Waals surface area (Å²) in [5.74, 6) is 0.185. The van der Waals surface area contributed by atoms with Crippen LogP contribution in [0.5, 0.6) is 0 Å². The van der Waals surface area contributed by atoms with Crippen molar-refractivity contribution in [3.63, 3.8) is 0 Å². The normalized spacial score (nSPS) is 11.9. The van der Waals surface area contributed by atoms with Gasteiger partial charge in [0.2, 0.25) is 0 Å². The summed E-state index contributed by atoms with van der Waals surface area (Å²) >= 11 is 0. The summed E-state index contributed by atoms with van der Waals surface area (Å²) in [6.45, 7) is 3.33. The van der Waals surface area contributed by atoms with Crippen LogP contribution in [0.25, 0.3) is 0 Å². The zero-order chi connectivity index (χ0) is 13.8. The third-order valence-corrected chi connectivity index (χ3v) is 2.63. The number of carbonyl (C=O) groups excluding carboxylic acids is 1. The van der Waals surface area contributed by atoms with Gasteiger partial charge >= 0.3 is 0 Å². The van der Waals surface area contributed by atoms with Crippen molar-refractivity contribution >= 4 is 5.91 Å². The van der Waals surface area contributed by atoms with Gasteiger partial charge in [-0.1, -0.05) is 18.2 Å². The van der Waals surface area contributed by atoms with E-state index in [1.54, 1.807) is 38.1 Å². The van der Waals surface area contributed by atoms with Crippen LogP contribution in [0.15, 0.2) is 35.1 Å². The fraction of sp³-hybridized carbons (Fsp3) is 0.231. The highest BCUT2D eigenvalue weighted by Crippen LogP contribution is 2.05. The predicted molar refractivity (Wildman–Crippen MR) is 69.7 cm³/mol. The number of amides is 1. The second kappa shape index (κ2) is 5.43. The lowest BCUT2D eigenvalue weighted by Crippen LogP contribution is -2.32. The highest BCUT2D eigenvalue weighted by molar-refractivity contribution is 5.94. The standard InChI is InChI=1S/C13H14N4O2/c1-8(11-13(19)15-9(2)16-17-11)14-12(18)10-6-4-3-5-7-10/h3-8H,1-2H3,(H,14,18)(H,15,16,19). The first kappa shape index (κ1) is 12.9. The first-order valence-electron chi connectivity index (χ1n) is 5.87. The number of rotatable bonds is 3. The number of hydrogen-bond acceptors (Lipinski definition) is 4. The summed E-state index contributed by atoms with van der Waals surface area (Å²) < 4.78 is 0. The second-order valence-electron chi connectivity index (χ2n) is 4.19. The Morgan fingerprint density at radius 3 is 2.58 bits per heavy atom. The number of H-pyrrole nitrogens is 1. The van der Waals surface area contributed by atoms with Crippen molar-refractivity contribution in [1.82, 2.24) is 20.5 Å². The molecule has 2 N–H and O–H groups in total. The highest BCUT2D eigenvalue weighted by atomic mass is 16.2. The monoisotopic (exact) mass is 258 g/mol. The van der Waals surface area contributed by atoms with Gasteiger partial charge in [0.25, 0.3) is 11.5 Å². The molecule has 1 aromatic heterocycles. The van der Waals surface area contributed by atoms with Gasteiger partial charge in [-0.3, -0.25) is 9.59 Å². The number of aryl methyl sites for hydroxylation is 1. The predicted octanol–water partition coefficient (Wildman–Crippen LogP) is 0.964. The maximum absolute atomic E-state index is 11.9. The van der Waals surface area contributed by atoms with E-state index < -0.39 is 6.04 Å². The maximum Gasteiger partial charge on any atom is 0.275 e. The van der Waals surface area contributed by atoms with Crippen LogP contribution < -0.4 is 10.9 Å². The molecule has 0 aliphatic heterocycles. The van der Waals surface area contributed by atoms with Crippen molar-refractivity contribution in [2.45, 2.75) is 19.9 Å². The van der Waals surface area contributed by atoms with Crippen molar-refractivity contribution in [1.29, 1.82) is 0 Å². The van der Waals surface area contributed by atoms with E-state index in [2.05, 4.69) is 20.5 Å². The van der Waals surface area contributed by atoms with Crippen molar-refractivity contribution < 1.29 is 4.79 Å². The van der Waals surface area contributed by atoms with Crippen LogP contribution in [0.2, 0.25) is 0 Å². The van der Waals surface area contributed by atoms with Gasteiger partial charge in [-0.15, -0.1) is 10.2 Å². The molecule has 0 aliphatic carbocycles. The van der Waals surface area contributed by atoms with E-state index in [4.69, 9.17) is 0 Å². The third-order valence-electron chi connectivity index (χ3n) is 2.63. The van der Waals surface area contributed by atoms with Crippen molar-refractivity contribution in [2.24, 2.45) is 0 Å². The molecular formula is C13H14N4O2.